The van der Waals surface area contributed by atoms with Crippen molar-refractivity contribution in [3.8, 4) is 0 Å². The molecule has 0 radical (unpaired) electrons. The lowest BCUT2D eigenvalue weighted by Gasteiger charge is -2.05. The first kappa shape index (κ1) is 14.3. The molecule has 0 amide bonds. The molecule has 0 spiro atoms. The third kappa shape index (κ3) is 6.54. The highest BCUT2D eigenvalue weighted by molar-refractivity contribution is 7.99. The summed E-state index contributed by atoms with van der Waals surface area (Å²) in [6, 6.07) is 8.80. The van der Waals surface area contributed by atoms with Crippen LogP contribution in [-0.2, 0) is 0 Å². The van der Waals surface area contributed by atoms with E-state index in [2.05, 4.69) is 69.3 Å². The van der Waals surface area contributed by atoms with Gasteiger partial charge in [0.2, 0.25) is 0 Å². The van der Waals surface area contributed by atoms with Crippen molar-refractivity contribution in [1.82, 2.24) is 4.90 Å². The van der Waals surface area contributed by atoms with E-state index in [0.717, 1.165) is 12.5 Å². The fourth-order valence-electron chi connectivity index (χ4n) is 1.34. The third-order valence-corrected chi connectivity index (χ3v) is 3.68. The molecule has 0 aliphatic heterocycles. The summed E-state index contributed by atoms with van der Waals surface area (Å²) < 4.78 is 0. The Bertz CT molecular complexity index is 338. The van der Waals surface area contributed by atoms with Crippen LogP contribution >= 0.6 is 11.8 Å². The van der Waals surface area contributed by atoms with E-state index in [0.29, 0.717) is 0 Å². The van der Waals surface area contributed by atoms with Crippen LogP contribution in [0.1, 0.15) is 19.4 Å². The third-order valence-electron chi connectivity index (χ3n) is 2.24. The Hall–Kier alpha value is -0.730. The van der Waals surface area contributed by atoms with Gasteiger partial charge in [0.05, 0.1) is 0 Å². The van der Waals surface area contributed by atoms with Gasteiger partial charge in [0.15, 0.2) is 0 Å². The predicted octanol–water partition coefficient (Wildman–Crippen LogP) is 4.01. The summed E-state index contributed by atoms with van der Waals surface area (Å²) in [5.41, 5.74) is 1.28. The molecule has 1 rings (SSSR count). The average molecular weight is 249 g/mol. The van der Waals surface area contributed by atoms with E-state index in [9.17, 15) is 0 Å². The number of rotatable bonds is 6. The van der Waals surface area contributed by atoms with Crippen LogP contribution in [0.3, 0.4) is 0 Å². The van der Waals surface area contributed by atoms with Gasteiger partial charge in [-0.3, -0.25) is 0 Å². The van der Waals surface area contributed by atoms with E-state index in [1.807, 2.05) is 11.8 Å². The van der Waals surface area contributed by atoms with Gasteiger partial charge in [-0.25, -0.2) is 0 Å². The molecule has 0 heterocycles. The zero-order valence-corrected chi connectivity index (χ0v) is 12.1. The van der Waals surface area contributed by atoms with Gasteiger partial charge in [0.25, 0.3) is 0 Å². The van der Waals surface area contributed by atoms with Crippen LogP contribution in [0.4, 0.5) is 0 Å². The Labute approximate surface area is 110 Å². The lowest BCUT2D eigenvalue weighted by Crippen LogP contribution is -2.10. The Morgan fingerprint density at radius 1 is 1.18 bits per heavy atom. The van der Waals surface area contributed by atoms with Gasteiger partial charge in [-0.05, 0) is 37.7 Å². The van der Waals surface area contributed by atoms with Crippen molar-refractivity contribution in [3.63, 3.8) is 0 Å². The van der Waals surface area contributed by atoms with Gasteiger partial charge in [-0.2, -0.15) is 0 Å². The van der Waals surface area contributed by atoms with Gasteiger partial charge in [0.1, 0.15) is 0 Å². The molecule has 0 aromatic heterocycles. The van der Waals surface area contributed by atoms with Crippen LogP contribution in [-0.4, -0.2) is 31.3 Å². The first-order valence-corrected chi connectivity index (χ1v) is 7.10. The standard InChI is InChI=1S/C15H23NS/c1-13(2)12-17-15-9-7-14(8-10-15)6-5-11-16(3)4/h5-10,13H,11-12H2,1-4H3. The molecule has 0 unspecified atom stereocenters. The SMILES string of the molecule is CC(C)CSc1ccc(C=CCN(C)C)cc1. The normalized spacial score (nSPS) is 11.9. The lowest BCUT2D eigenvalue weighted by atomic mass is 10.2. The number of nitrogens with zero attached hydrogens (tertiary/aromatic N) is 1. The minimum absolute atomic E-state index is 0.750. The molecule has 1 nitrogen and oxygen atoms in total. The van der Waals surface area contributed by atoms with Crippen LogP contribution in [0.25, 0.3) is 6.08 Å². The molecule has 0 aliphatic carbocycles. The molecule has 94 valence electrons. The fraction of sp³-hybridized carbons (Fsp3) is 0.467. The highest BCUT2D eigenvalue weighted by Crippen LogP contribution is 2.21. The van der Waals surface area contributed by atoms with Crippen LogP contribution < -0.4 is 0 Å². The highest BCUT2D eigenvalue weighted by atomic mass is 32.2. The maximum atomic E-state index is 2.26. The van der Waals surface area contributed by atoms with Gasteiger partial charge in [-0.15, -0.1) is 11.8 Å². The van der Waals surface area contributed by atoms with Crippen LogP contribution in [0.15, 0.2) is 35.2 Å². The summed E-state index contributed by atoms with van der Waals surface area (Å²) in [7, 11) is 4.16. The van der Waals surface area contributed by atoms with Crippen LogP contribution in [0, 0.1) is 5.92 Å². The molecule has 0 aliphatic rings. The van der Waals surface area contributed by atoms with E-state index >= 15 is 0 Å². The quantitative estimate of drug-likeness (QED) is 0.701. The van der Waals surface area contributed by atoms with Crippen molar-refractivity contribution in [2.45, 2.75) is 18.7 Å². The van der Waals surface area contributed by atoms with Crippen molar-refractivity contribution < 1.29 is 0 Å². The summed E-state index contributed by atoms with van der Waals surface area (Å²) >= 11 is 1.93. The van der Waals surface area contributed by atoms with Gasteiger partial charge in [0, 0.05) is 17.2 Å². The van der Waals surface area contributed by atoms with E-state index in [1.165, 1.54) is 16.2 Å². The monoisotopic (exact) mass is 249 g/mol. The molecular formula is C15H23NS. The Morgan fingerprint density at radius 3 is 2.35 bits per heavy atom. The summed E-state index contributed by atoms with van der Waals surface area (Å²) in [6.07, 6.45) is 4.37. The molecule has 0 bridgehead atoms. The molecule has 17 heavy (non-hydrogen) atoms. The molecular weight excluding hydrogens is 226 g/mol. The van der Waals surface area contributed by atoms with E-state index < -0.39 is 0 Å². The van der Waals surface area contributed by atoms with E-state index in [4.69, 9.17) is 0 Å². The van der Waals surface area contributed by atoms with E-state index in [-0.39, 0.29) is 0 Å². The van der Waals surface area contributed by atoms with Crippen molar-refractivity contribution in [1.29, 1.82) is 0 Å². The van der Waals surface area contributed by atoms with Crippen molar-refractivity contribution >= 4 is 17.8 Å². The number of benzene rings is 1. The second kappa shape index (κ2) is 7.57. The van der Waals surface area contributed by atoms with Crippen molar-refractivity contribution in [3.05, 3.63) is 35.9 Å². The zero-order valence-electron chi connectivity index (χ0n) is 11.3. The van der Waals surface area contributed by atoms with Crippen LogP contribution in [0.5, 0.6) is 0 Å². The second-order valence-electron chi connectivity index (χ2n) is 4.94. The van der Waals surface area contributed by atoms with Crippen molar-refractivity contribution in [2.75, 3.05) is 26.4 Å². The van der Waals surface area contributed by atoms with Gasteiger partial charge < -0.3 is 4.90 Å². The molecule has 0 saturated carbocycles. The molecule has 0 saturated heterocycles. The summed E-state index contributed by atoms with van der Waals surface area (Å²) in [5.74, 6) is 1.94. The first-order chi connectivity index (χ1) is 8.08. The number of likely N-dealkylation sites (N-methyl/N-ethyl adjacent to an activating group) is 1. The summed E-state index contributed by atoms with van der Waals surface area (Å²) in [4.78, 5) is 3.52. The molecule has 0 N–H and O–H groups in total. The fourth-order valence-corrected chi connectivity index (χ4v) is 2.19. The largest absolute Gasteiger partial charge is 0.306 e. The molecule has 1 aromatic carbocycles. The topological polar surface area (TPSA) is 3.24 Å². The molecule has 2 heteroatoms. The van der Waals surface area contributed by atoms with E-state index in [1.54, 1.807) is 0 Å². The number of hydrogen-bond acceptors (Lipinski definition) is 2. The first-order valence-electron chi connectivity index (χ1n) is 6.12. The Morgan fingerprint density at radius 2 is 1.82 bits per heavy atom. The predicted molar refractivity (Wildman–Crippen MR) is 79.6 cm³/mol. The van der Waals surface area contributed by atoms with Crippen LogP contribution in [0.2, 0.25) is 0 Å². The molecule has 0 atom stereocenters. The second-order valence-corrected chi connectivity index (χ2v) is 6.03. The highest BCUT2D eigenvalue weighted by Gasteiger charge is 1.97. The Balaban J connectivity index is 2.47. The van der Waals surface area contributed by atoms with Crippen molar-refractivity contribution in [2.24, 2.45) is 5.92 Å². The molecule has 0 fully saturated rings. The lowest BCUT2D eigenvalue weighted by molar-refractivity contribution is 0.457. The minimum Gasteiger partial charge on any atom is -0.306 e. The Kier molecular flexibility index (Phi) is 6.38. The number of thioether (sulfide) groups is 1. The maximum Gasteiger partial charge on any atom is 0.0160 e. The summed E-state index contributed by atoms with van der Waals surface area (Å²) in [5, 5.41) is 0. The smallest absolute Gasteiger partial charge is 0.0160 e. The average Bonchev–Trinajstić information content (AvgIpc) is 2.27. The van der Waals surface area contributed by atoms with Gasteiger partial charge in [-0.1, -0.05) is 38.1 Å². The molecule has 1 aromatic rings. The maximum absolute atomic E-state index is 2.26. The minimum atomic E-state index is 0.750. The van der Waals surface area contributed by atoms with Gasteiger partial charge >= 0.3 is 0 Å². The number of hydrogen-bond donors (Lipinski definition) is 0. The summed E-state index contributed by atoms with van der Waals surface area (Å²) in [6.45, 7) is 5.50. The zero-order chi connectivity index (χ0) is 12.7.